The molecule has 14 heavy (non-hydrogen) atoms. The number of nitrogens with zero attached hydrogens (tertiary/aromatic N) is 2. The lowest BCUT2D eigenvalue weighted by Gasteiger charge is -2.19. The van der Waals surface area contributed by atoms with E-state index < -0.39 is 0 Å². The Morgan fingerprint density at radius 2 is 2.36 bits per heavy atom. The van der Waals surface area contributed by atoms with Crippen molar-refractivity contribution in [2.75, 3.05) is 40.4 Å². The molecule has 1 aliphatic rings. The first-order chi connectivity index (χ1) is 6.65. The Morgan fingerprint density at radius 1 is 1.64 bits per heavy atom. The molecule has 1 aliphatic heterocycles. The van der Waals surface area contributed by atoms with E-state index in [0.717, 1.165) is 19.5 Å². The highest BCUT2D eigenvalue weighted by atomic mass is 16.6. The van der Waals surface area contributed by atoms with Crippen molar-refractivity contribution in [2.24, 2.45) is 0 Å². The second kappa shape index (κ2) is 5.17. The van der Waals surface area contributed by atoms with E-state index in [-0.39, 0.29) is 19.3 Å². The van der Waals surface area contributed by atoms with E-state index >= 15 is 0 Å². The van der Waals surface area contributed by atoms with Crippen LogP contribution in [0.3, 0.4) is 0 Å². The average Bonchev–Trinajstić information content (AvgIpc) is 2.62. The molecule has 0 aromatic rings. The first-order valence-electron chi connectivity index (χ1n) is 4.84. The lowest BCUT2D eigenvalue weighted by molar-refractivity contribution is 0.0889. The quantitative estimate of drug-likeness (QED) is 0.685. The fourth-order valence-electron chi connectivity index (χ4n) is 1.55. The number of aliphatic hydroxyl groups is 1. The van der Waals surface area contributed by atoms with Gasteiger partial charge in [0.05, 0.1) is 6.61 Å². The van der Waals surface area contributed by atoms with Crippen molar-refractivity contribution >= 4 is 6.09 Å². The van der Waals surface area contributed by atoms with Gasteiger partial charge in [-0.25, -0.2) is 4.79 Å². The second-order valence-electron chi connectivity index (χ2n) is 3.69. The fraction of sp³-hybridized carbons (Fsp3) is 0.889. The molecule has 0 aromatic heterocycles. The molecule has 0 aliphatic carbocycles. The summed E-state index contributed by atoms with van der Waals surface area (Å²) in [6.07, 6.45) is 0.671. The Labute approximate surface area is 84.2 Å². The third kappa shape index (κ3) is 2.85. The minimum atomic E-state index is -0.316. The number of likely N-dealkylation sites (N-methyl/N-ethyl adjacent to an activating group) is 1. The Kier molecular flexibility index (Phi) is 4.16. The van der Waals surface area contributed by atoms with Crippen LogP contribution in [0.15, 0.2) is 0 Å². The molecule has 82 valence electrons. The van der Waals surface area contributed by atoms with Crippen LogP contribution in [-0.2, 0) is 4.74 Å². The second-order valence-corrected chi connectivity index (χ2v) is 3.69. The number of hydrogen-bond donors (Lipinski definition) is 1. The van der Waals surface area contributed by atoms with Gasteiger partial charge in [-0.3, -0.25) is 0 Å². The summed E-state index contributed by atoms with van der Waals surface area (Å²) >= 11 is 0. The highest BCUT2D eigenvalue weighted by molar-refractivity contribution is 5.68. The highest BCUT2D eigenvalue weighted by Crippen LogP contribution is 2.13. The molecule has 1 atom stereocenters. The summed E-state index contributed by atoms with van der Waals surface area (Å²) in [5.41, 5.74) is 0. The van der Waals surface area contributed by atoms with Crippen LogP contribution >= 0.6 is 0 Å². The van der Waals surface area contributed by atoms with Gasteiger partial charge in [0.2, 0.25) is 0 Å². The minimum absolute atomic E-state index is 0.0853. The van der Waals surface area contributed by atoms with Crippen molar-refractivity contribution in [3.05, 3.63) is 0 Å². The maximum absolute atomic E-state index is 11.3. The summed E-state index contributed by atoms with van der Waals surface area (Å²) in [5.74, 6) is 0. The molecule has 0 bridgehead atoms. The molecule has 0 aromatic carbocycles. The lowest BCUT2D eigenvalue weighted by Crippen LogP contribution is -2.35. The van der Waals surface area contributed by atoms with Gasteiger partial charge in [0.25, 0.3) is 0 Å². The number of amides is 1. The van der Waals surface area contributed by atoms with E-state index in [9.17, 15) is 4.79 Å². The maximum atomic E-state index is 11.3. The van der Waals surface area contributed by atoms with Crippen LogP contribution in [-0.4, -0.2) is 67.4 Å². The van der Waals surface area contributed by atoms with Crippen molar-refractivity contribution < 1.29 is 14.6 Å². The SMILES string of the molecule is CN(C)C1CCN(C(=O)OCCO)C1. The number of likely N-dealkylation sites (tertiary alicyclic amines) is 1. The molecule has 1 amide bonds. The molecule has 0 spiro atoms. The van der Waals surface area contributed by atoms with Gasteiger partial charge >= 0.3 is 6.09 Å². The largest absolute Gasteiger partial charge is 0.447 e. The van der Waals surface area contributed by atoms with E-state index in [4.69, 9.17) is 9.84 Å². The molecule has 1 saturated heterocycles. The van der Waals surface area contributed by atoms with E-state index in [0.29, 0.717) is 6.04 Å². The summed E-state index contributed by atoms with van der Waals surface area (Å²) in [6.45, 7) is 1.43. The van der Waals surface area contributed by atoms with Crippen LogP contribution in [0, 0.1) is 0 Å². The smallest absolute Gasteiger partial charge is 0.409 e. The Balaban J connectivity index is 2.30. The normalized spacial score (nSPS) is 21.7. The predicted molar refractivity (Wildman–Crippen MR) is 52.1 cm³/mol. The van der Waals surface area contributed by atoms with Crippen LogP contribution < -0.4 is 0 Å². The van der Waals surface area contributed by atoms with Crippen molar-refractivity contribution in [1.82, 2.24) is 9.80 Å². The number of hydrogen-bond acceptors (Lipinski definition) is 4. The first kappa shape index (κ1) is 11.3. The summed E-state index contributed by atoms with van der Waals surface area (Å²) < 4.78 is 4.82. The Bertz CT molecular complexity index is 196. The van der Waals surface area contributed by atoms with Crippen LogP contribution in [0.5, 0.6) is 0 Å². The zero-order chi connectivity index (χ0) is 10.6. The molecule has 1 rings (SSSR count). The van der Waals surface area contributed by atoms with Gasteiger partial charge < -0.3 is 19.6 Å². The van der Waals surface area contributed by atoms with Crippen LogP contribution in [0.1, 0.15) is 6.42 Å². The lowest BCUT2D eigenvalue weighted by atomic mass is 10.2. The molecule has 5 heteroatoms. The summed E-state index contributed by atoms with van der Waals surface area (Å²) in [5, 5.41) is 8.49. The van der Waals surface area contributed by atoms with Crippen LogP contribution in [0.4, 0.5) is 4.79 Å². The zero-order valence-corrected chi connectivity index (χ0v) is 8.77. The molecular formula is C9H18N2O3. The number of ether oxygens (including phenoxy) is 1. The predicted octanol–water partition coefficient (Wildman–Crippen LogP) is -0.249. The van der Waals surface area contributed by atoms with Gasteiger partial charge in [-0.05, 0) is 20.5 Å². The fourth-order valence-corrected chi connectivity index (χ4v) is 1.55. The van der Waals surface area contributed by atoms with E-state index in [1.807, 2.05) is 14.1 Å². The van der Waals surface area contributed by atoms with Gasteiger partial charge in [0.1, 0.15) is 6.61 Å². The minimum Gasteiger partial charge on any atom is -0.447 e. The first-order valence-corrected chi connectivity index (χ1v) is 4.84. The van der Waals surface area contributed by atoms with E-state index in [1.165, 1.54) is 0 Å². The van der Waals surface area contributed by atoms with Crippen LogP contribution in [0.25, 0.3) is 0 Å². The van der Waals surface area contributed by atoms with Crippen molar-refractivity contribution in [2.45, 2.75) is 12.5 Å². The molecule has 1 fully saturated rings. The van der Waals surface area contributed by atoms with Crippen molar-refractivity contribution in [3.63, 3.8) is 0 Å². The standard InChI is InChI=1S/C9H18N2O3/c1-10(2)8-3-4-11(7-8)9(13)14-6-5-12/h8,12H,3-7H2,1-2H3. The zero-order valence-electron chi connectivity index (χ0n) is 8.77. The molecular weight excluding hydrogens is 184 g/mol. The Hall–Kier alpha value is -0.810. The molecule has 1 heterocycles. The van der Waals surface area contributed by atoms with Crippen molar-refractivity contribution in [3.8, 4) is 0 Å². The topological polar surface area (TPSA) is 53.0 Å². The van der Waals surface area contributed by atoms with E-state index in [1.54, 1.807) is 4.90 Å². The summed E-state index contributed by atoms with van der Waals surface area (Å²) in [6, 6.07) is 0.427. The molecule has 1 N–H and O–H groups in total. The van der Waals surface area contributed by atoms with E-state index in [2.05, 4.69) is 4.90 Å². The van der Waals surface area contributed by atoms with Gasteiger partial charge in [-0.15, -0.1) is 0 Å². The highest BCUT2D eigenvalue weighted by Gasteiger charge is 2.28. The number of carbonyl (C=O) groups excluding carboxylic acids is 1. The van der Waals surface area contributed by atoms with Gasteiger partial charge in [0, 0.05) is 19.1 Å². The third-order valence-electron chi connectivity index (χ3n) is 2.47. The molecule has 0 saturated carbocycles. The monoisotopic (exact) mass is 202 g/mol. The number of aliphatic hydroxyl groups excluding tert-OH is 1. The molecule has 1 unspecified atom stereocenters. The summed E-state index contributed by atoms with van der Waals surface area (Å²) in [4.78, 5) is 15.1. The summed E-state index contributed by atoms with van der Waals surface area (Å²) in [7, 11) is 4.01. The maximum Gasteiger partial charge on any atom is 0.409 e. The van der Waals surface area contributed by atoms with Gasteiger partial charge in [-0.2, -0.15) is 0 Å². The number of carbonyl (C=O) groups is 1. The van der Waals surface area contributed by atoms with Crippen molar-refractivity contribution in [1.29, 1.82) is 0 Å². The van der Waals surface area contributed by atoms with Gasteiger partial charge in [-0.1, -0.05) is 0 Å². The van der Waals surface area contributed by atoms with Gasteiger partial charge in [0.15, 0.2) is 0 Å². The van der Waals surface area contributed by atoms with Crippen LogP contribution in [0.2, 0.25) is 0 Å². The molecule has 5 nitrogen and oxygen atoms in total. The number of rotatable bonds is 3. The molecule has 0 radical (unpaired) electrons. The third-order valence-corrected chi connectivity index (χ3v) is 2.47. The Morgan fingerprint density at radius 3 is 2.86 bits per heavy atom. The average molecular weight is 202 g/mol.